The third-order valence-corrected chi connectivity index (χ3v) is 5.14. The van der Waals surface area contributed by atoms with E-state index >= 15 is 0 Å². The molecule has 0 aliphatic heterocycles. The topological polar surface area (TPSA) is 38.9 Å². The molecule has 32 heavy (non-hydrogen) atoms. The van der Waals surface area contributed by atoms with Crippen molar-refractivity contribution in [2.75, 3.05) is 0 Å². The van der Waals surface area contributed by atoms with Crippen LogP contribution in [0.5, 0.6) is 0 Å². The number of aromatic nitrogens is 2. The average molecular weight is 419 g/mol. The van der Waals surface area contributed by atoms with Crippen LogP contribution in [0.25, 0.3) is 32.8 Å². The van der Waals surface area contributed by atoms with E-state index in [-0.39, 0.29) is 0 Å². The zero-order valence-corrected chi connectivity index (χ0v) is 18.6. The Hall–Kier alpha value is -3.98. The Labute approximate surface area is 188 Å². The van der Waals surface area contributed by atoms with E-state index in [4.69, 9.17) is 4.42 Å². The van der Waals surface area contributed by atoms with Crippen molar-refractivity contribution in [3.8, 4) is 0 Å². The fourth-order valence-corrected chi connectivity index (χ4v) is 3.52. The molecule has 0 radical (unpaired) electrons. The minimum Gasteiger partial charge on any atom is -0.456 e. The summed E-state index contributed by atoms with van der Waals surface area (Å²) in [6.07, 6.45) is 5.50. The average Bonchev–Trinajstić information content (AvgIpc) is 3.21. The van der Waals surface area contributed by atoms with E-state index in [9.17, 15) is 0 Å². The minimum absolute atomic E-state index is 0.969. The number of benzene rings is 3. The van der Waals surface area contributed by atoms with Crippen LogP contribution in [0.1, 0.15) is 16.7 Å². The van der Waals surface area contributed by atoms with Gasteiger partial charge in [-0.1, -0.05) is 60.7 Å². The molecule has 0 unspecified atom stereocenters. The van der Waals surface area contributed by atoms with E-state index in [0.717, 1.165) is 16.7 Å². The van der Waals surface area contributed by atoms with Gasteiger partial charge in [-0.2, -0.15) is 0 Å². The number of furan rings is 1. The molecule has 0 spiro atoms. The molecule has 3 heterocycles. The molecule has 3 heteroatoms. The van der Waals surface area contributed by atoms with Gasteiger partial charge in [-0.3, -0.25) is 9.97 Å². The maximum absolute atomic E-state index is 5.78. The number of hydrogen-bond donors (Lipinski definition) is 0. The van der Waals surface area contributed by atoms with Gasteiger partial charge in [-0.15, -0.1) is 0 Å². The maximum atomic E-state index is 5.78. The summed E-state index contributed by atoms with van der Waals surface area (Å²) in [5.74, 6) is 0. The Morgan fingerprint density at radius 3 is 2.22 bits per heavy atom. The molecular formula is C29H26N2O. The van der Waals surface area contributed by atoms with E-state index in [1.54, 1.807) is 6.20 Å². The van der Waals surface area contributed by atoms with Gasteiger partial charge in [-0.05, 0) is 61.7 Å². The van der Waals surface area contributed by atoms with E-state index in [0.29, 0.717) is 0 Å². The molecule has 6 aromatic rings. The maximum Gasteiger partial charge on any atom is 0.138 e. The Balaban J connectivity index is 0.000000122. The Morgan fingerprint density at radius 2 is 1.44 bits per heavy atom. The first kappa shape index (κ1) is 21.3. The molecule has 0 fully saturated rings. The molecule has 3 nitrogen and oxygen atoms in total. The van der Waals surface area contributed by atoms with Crippen molar-refractivity contribution in [1.29, 1.82) is 0 Å². The molecule has 0 aliphatic carbocycles. The molecule has 0 bridgehead atoms. The highest BCUT2D eigenvalue weighted by Gasteiger charge is 2.06. The lowest BCUT2D eigenvalue weighted by atomic mass is 10.1. The van der Waals surface area contributed by atoms with E-state index in [1.165, 1.54) is 32.8 Å². The summed E-state index contributed by atoms with van der Waals surface area (Å²) in [5.41, 5.74) is 6.66. The van der Waals surface area contributed by atoms with Crippen molar-refractivity contribution < 1.29 is 4.42 Å². The number of nitrogens with zero attached hydrogens (tertiary/aromatic N) is 2. The van der Waals surface area contributed by atoms with E-state index in [2.05, 4.69) is 60.2 Å². The van der Waals surface area contributed by atoms with E-state index < -0.39 is 0 Å². The lowest BCUT2D eigenvalue weighted by Gasteiger charge is -1.95. The van der Waals surface area contributed by atoms with Crippen LogP contribution in [0.4, 0.5) is 0 Å². The number of para-hydroxylation sites is 3. The van der Waals surface area contributed by atoms with Crippen molar-refractivity contribution in [2.24, 2.45) is 0 Å². The number of aryl methyl sites for hydroxylation is 3. The molecule has 6 rings (SSSR count). The SMILES string of the molecule is Cc1cccc2c1oc1ccccc12.Cc1cccnc1.Cc1cnc2ccccc2c1. The molecule has 0 amide bonds. The van der Waals surface area contributed by atoms with Gasteiger partial charge < -0.3 is 4.42 Å². The van der Waals surface area contributed by atoms with Gasteiger partial charge in [0, 0.05) is 34.7 Å². The van der Waals surface area contributed by atoms with Gasteiger partial charge in [0.25, 0.3) is 0 Å². The highest BCUT2D eigenvalue weighted by molar-refractivity contribution is 6.05. The first-order valence-corrected chi connectivity index (χ1v) is 10.7. The van der Waals surface area contributed by atoms with Crippen LogP contribution < -0.4 is 0 Å². The van der Waals surface area contributed by atoms with Crippen LogP contribution in [-0.2, 0) is 0 Å². The summed E-state index contributed by atoms with van der Waals surface area (Å²) < 4.78 is 5.78. The quantitative estimate of drug-likeness (QED) is 0.252. The summed E-state index contributed by atoms with van der Waals surface area (Å²) in [6.45, 7) is 6.15. The van der Waals surface area contributed by atoms with Crippen LogP contribution in [0.2, 0.25) is 0 Å². The van der Waals surface area contributed by atoms with Crippen LogP contribution in [0.3, 0.4) is 0 Å². The normalized spacial score (nSPS) is 10.3. The second kappa shape index (κ2) is 9.88. The second-order valence-corrected chi connectivity index (χ2v) is 7.79. The van der Waals surface area contributed by atoms with Crippen molar-refractivity contribution >= 4 is 32.8 Å². The number of hydrogen-bond acceptors (Lipinski definition) is 3. The first-order chi connectivity index (χ1) is 15.6. The highest BCUT2D eigenvalue weighted by Crippen LogP contribution is 2.29. The third-order valence-electron chi connectivity index (χ3n) is 5.14. The summed E-state index contributed by atoms with van der Waals surface area (Å²) in [4.78, 5) is 8.16. The highest BCUT2D eigenvalue weighted by atomic mass is 16.3. The van der Waals surface area contributed by atoms with Crippen molar-refractivity contribution in [1.82, 2.24) is 9.97 Å². The monoisotopic (exact) mass is 418 g/mol. The molecule has 0 atom stereocenters. The number of pyridine rings is 2. The van der Waals surface area contributed by atoms with Crippen molar-refractivity contribution in [3.05, 3.63) is 120 Å². The predicted octanol–water partition coefficient (Wildman–Crippen LogP) is 7.83. The molecule has 0 saturated carbocycles. The first-order valence-electron chi connectivity index (χ1n) is 10.7. The minimum atomic E-state index is 0.969. The second-order valence-electron chi connectivity index (χ2n) is 7.79. The molecule has 3 aromatic carbocycles. The Kier molecular flexibility index (Phi) is 6.57. The lowest BCUT2D eigenvalue weighted by molar-refractivity contribution is 0.666. The van der Waals surface area contributed by atoms with Crippen LogP contribution in [0, 0.1) is 20.8 Å². The van der Waals surface area contributed by atoms with Gasteiger partial charge in [-0.25, -0.2) is 0 Å². The molecule has 3 aromatic heterocycles. The Bertz CT molecular complexity index is 1450. The van der Waals surface area contributed by atoms with Gasteiger partial charge in [0.2, 0.25) is 0 Å². The van der Waals surface area contributed by atoms with Gasteiger partial charge in [0.05, 0.1) is 5.52 Å². The summed E-state index contributed by atoms with van der Waals surface area (Å²) in [7, 11) is 0. The number of rotatable bonds is 0. The van der Waals surface area contributed by atoms with Gasteiger partial charge in [0.1, 0.15) is 11.2 Å². The van der Waals surface area contributed by atoms with Crippen molar-refractivity contribution in [2.45, 2.75) is 20.8 Å². The predicted molar refractivity (Wildman–Crippen MR) is 134 cm³/mol. The van der Waals surface area contributed by atoms with Crippen LogP contribution in [0.15, 0.2) is 108 Å². The zero-order valence-electron chi connectivity index (χ0n) is 18.6. The largest absolute Gasteiger partial charge is 0.456 e. The smallest absolute Gasteiger partial charge is 0.138 e. The van der Waals surface area contributed by atoms with Gasteiger partial charge >= 0.3 is 0 Å². The lowest BCUT2D eigenvalue weighted by Crippen LogP contribution is -1.78. The molecule has 0 N–H and O–H groups in total. The zero-order chi connectivity index (χ0) is 22.3. The third kappa shape index (κ3) is 5.01. The summed E-state index contributed by atoms with van der Waals surface area (Å²) in [6, 6.07) is 28.6. The summed E-state index contributed by atoms with van der Waals surface area (Å²) >= 11 is 0. The fourth-order valence-electron chi connectivity index (χ4n) is 3.52. The molecule has 0 aliphatic rings. The van der Waals surface area contributed by atoms with Gasteiger partial charge in [0.15, 0.2) is 0 Å². The number of fused-ring (bicyclic) bond motifs is 4. The van der Waals surface area contributed by atoms with E-state index in [1.807, 2.05) is 67.8 Å². The Morgan fingerprint density at radius 1 is 0.656 bits per heavy atom. The molecular weight excluding hydrogens is 392 g/mol. The van der Waals surface area contributed by atoms with Crippen LogP contribution in [-0.4, -0.2) is 9.97 Å². The summed E-state index contributed by atoms with van der Waals surface area (Å²) in [5, 5.41) is 3.62. The van der Waals surface area contributed by atoms with Crippen LogP contribution >= 0.6 is 0 Å². The van der Waals surface area contributed by atoms with Crippen molar-refractivity contribution in [3.63, 3.8) is 0 Å². The molecule has 158 valence electrons. The molecule has 0 saturated heterocycles. The fraction of sp³-hybridized carbons (Fsp3) is 0.103. The standard InChI is InChI=1S/C13H10O.C10H9N.C6H7N/c1-9-5-4-7-11-10-6-2-3-8-12(10)14-13(9)11;1-8-6-9-4-2-3-5-10(9)11-7-8;1-6-3-2-4-7-5-6/h2-8H,1H3;2-7H,1H3;2-5H,1H3.